The molecular weight excluding hydrogens is 381 g/mol. The summed E-state index contributed by atoms with van der Waals surface area (Å²) in [5.41, 5.74) is 3.50. The van der Waals surface area contributed by atoms with E-state index in [0.717, 1.165) is 17.0 Å². The van der Waals surface area contributed by atoms with Crippen LogP contribution < -0.4 is 4.90 Å². The lowest BCUT2D eigenvalue weighted by molar-refractivity contribution is -0.134. The maximum absolute atomic E-state index is 14.2. The standard InChI is InChI=1S/C24H30FN3O2/c1-17(2)13-24(29)28(15-19-7-5-6-8-22(19)25)16-21-14-23(26-30-21)18-9-11-20(12-10-18)27(3)4/h5-12,17,21H,13-16H2,1-4H3. The minimum Gasteiger partial charge on any atom is -0.390 e. The van der Waals surface area contributed by atoms with Gasteiger partial charge in [-0.15, -0.1) is 0 Å². The largest absolute Gasteiger partial charge is 0.390 e. The average molecular weight is 412 g/mol. The van der Waals surface area contributed by atoms with Crippen molar-refractivity contribution < 1.29 is 14.0 Å². The molecule has 1 amide bonds. The molecule has 1 aliphatic rings. The number of rotatable bonds is 8. The molecule has 0 aromatic heterocycles. The molecule has 0 saturated carbocycles. The van der Waals surface area contributed by atoms with E-state index in [1.807, 2.05) is 57.1 Å². The number of amides is 1. The van der Waals surface area contributed by atoms with E-state index in [1.165, 1.54) is 6.07 Å². The molecule has 2 aromatic carbocycles. The zero-order valence-corrected chi connectivity index (χ0v) is 18.1. The summed E-state index contributed by atoms with van der Waals surface area (Å²) in [5.74, 6) is -0.0714. The SMILES string of the molecule is CC(C)CC(=O)N(Cc1ccccc1F)CC1CC(c2ccc(N(C)C)cc2)=NO1. The molecule has 1 atom stereocenters. The van der Waals surface area contributed by atoms with Crippen LogP contribution in [0.25, 0.3) is 0 Å². The Bertz CT molecular complexity index is 894. The number of carbonyl (C=O) groups is 1. The Hall–Kier alpha value is -2.89. The topological polar surface area (TPSA) is 45.1 Å². The first-order valence-corrected chi connectivity index (χ1v) is 10.3. The van der Waals surface area contributed by atoms with Gasteiger partial charge in [-0.1, -0.05) is 49.3 Å². The van der Waals surface area contributed by atoms with Crippen molar-refractivity contribution in [2.24, 2.45) is 11.1 Å². The normalized spacial score (nSPS) is 15.7. The van der Waals surface area contributed by atoms with Crippen LogP contribution in [0.3, 0.4) is 0 Å². The fourth-order valence-electron chi connectivity index (χ4n) is 3.46. The van der Waals surface area contributed by atoms with E-state index in [0.29, 0.717) is 24.9 Å². The number of anilines is 1. The fourth-order valence-corrected chi connectivity index (χ4v) is 3.46. The van der Waals surface area contributed by atoms with Gasteiger partial charge in [-0.25, -0.2) is 4.39 Å². The highest BCUT2D eigenvalue weighted by Gasteiger charge is 2.27. The second-order valence-electron chi connectivity index (χ2n) is 8.37. The van der Waals surface area contributed by atoms with Crippen molar-refractivity contribution in [3.05, 3.63) is 65.5 Å². The molecule has 160 valence electrons. The predicted molar refractivity (Wildman–Crippen MR) is 118 cm³/mol. The highest BCUT2D eigenvalue weighted by molar-refractivity contribution is 6.01. The van der Waals surface area contributed by atoms with Crippen molar-refractivity contribution in [2.75, 3.05) is 25.5 Å². The van der Waals surface area contributed by atoms with Crippen LogP contribution in [0.4, 0.5) is 10.1 Å². The van der Waals surface area contributed by atoms with Crippen molar-refractivity contribution in [1.82, 2.24) is 4.90 Å². The summed E-state index contributed by atoms with van der Waals surface area (Å²) in [6, 6.07) is 14.7. The number of hydrogen-bond donors (Lipinski definition) is 0. The Kier molecular flexibility index (Phi) is 7.08. The molecule has 0 bridgehead atoms. The van der Waals surface area contributed by atoms with Crippen LogP contribution in [-0.4, -0.2) is 43.3 Å². The van der Waals surface area contributed by atoms with Crippen LogP contribution in [-0.2, 0) is 16.2 Å². The number of carbonyl (C=O) groups excluding carboxylic acids is 1. The van der Waals surface area contributed by atoms with Gasteiger partial charge in [0.25, 0.3) is 0 Å². The van der Waals surface area contributed by atoms with E-state index in [2.05, 4.69) is 5.16 Å². The highest BCUT2D eigenvalue weighted by Crippen LogP contribution is 2.22. The molecule has 0 N–H and O–H groups in total. The Labute approximate surface area is 178 Å². The first-order valence-electron chi connectivity index (χ1n) is 10.3. The van der Waals surface area contributed by atoms with E-state index < -0.39 is 0 Å². The minimum absolute atomic E-state index is 0.000592. The van der Waals surface area contributed by atoms with E-state index >= 15 is 0 Å². The van der Waals surface area contributed by atoms with Crippen LogP contribution in [0, 0.1) is 11.7 Å². The van der Waals surface area contributed by atoms with Gasteiger partial charge in [0.05, 0.1) is 12.3 Å². The van der Waals surface area contributed by atoms with Crippen molar-refractivity contribution in [1.29, 1.82) is 0 Å². The monoisotopic (exact) mass is 411 g/mol. The van der Waals surface area contributed by atoms with Gasteiger partial charge in [-0.3, -0.25) is 4.79 Å². The van der Waals surface area contributed by atoms with Crippen LogP contribution in [0.15, 0.2) is 53.7 Å². The number of nitrogens with zero attached hydrogens (tertiary/aromatic N) is 3. The number of benzene rings is 2. The van der Waals surface area contributed by atoms with Crippen LogP contribution >= 0.6 is 0 Å². The molecule has 1 heterocycles. The summed E-state index contributed by atoms with van der Waals surface area (Å²) in [6.45, 7) is 4.61. The summed E-state index contributed by atoms with van der Waals surface area (Å²) in [4.78, 5) is 22.2. The molecule has 3 rings (SSSR count). The Balaban J connectivity index is 1.67. The molecule has 0 radical (unpaired) electrons. The zero-order chi connectivity index (χ0) is 21.7. The summed E-state index contributed by atoms with van der Waals surface area (Å²) in [6.07, 6.45) is 0.793. The second-order valence-corrected chi connectivity index (χ2v) is 8.37. The van der Waals surface area contributed by atoms with Crippen molar-refractivity contribution in [3.8, 4) is 0 Å². The predicted octanol–water partition coefficient (Wildman–Crippen LogP) is 4.46. The minimum atomic E-state index is -0.301. The third kappa shape index (κ3) is 5.59. The summed E-state index contributed by atoms with van der Waals surface area (Å²) in [5, 5.41) is 4.25. The molecule has 30 heavy (non-hydrogen) atoms. The Morgan fingerprint density at radius 2 is 1.87 bits per heavy atom. The molecular formula is C24H30FN3O2. The van der Waals surface area contributed by atoms with Gasteiger partial charge >= 0.3 is 0 Å². The van der Waals surface area contributed by atoms with Crippen LogP contribution in [0.2, 0.25) is 0 Å². The van der Waals surface area contributed by atoms with E-state index in [-0.39, 0.29) is 30.3 Å². The number of oxime groups is 1. The van der Waals surface area contributed by atoms with Crippen LogP contribution in [0.5, 0.6) is 0 Å². The molecule has 1 aliphatic heterocycles. The maximum atomic E-state index is 14.2. The number of hydrogen-bond acceptors (Lipinski definition) is 4. The maximum Gasteiger partial charge on any atom is 0.223 e. The van der Waals surface area contributed by atoms with E-state index in [4.69, 9.17) is 4.84 Å². The molecule has 5 nitrogen and oxygen atoms in total. The van der Waals surface area contributed by atoms with Gasteiger partial charge in [-0.2, -0.15) is 0 Å². The molecule has 0 fully saturated rings. The first-order chi connectivity index (χ1) is 14.3. The Morgan fingerprint density at radius 3 is 2.50 bits per heavy atom. The first kappa shape index (κ1) is 21.8. The summed E-state index contributed by atoms with van der Waals surface area (Å²) < 4.78 is 14.2. The molecule has 1 unspecified atom stereocenters. The Morgan fingerprint density at radius 1 is 1.17 bits per heavy atom. The summed E-state index contributed by atoms with van der Waals surface area (Å²) in [7, 11) is 4.00. The smallest absolute Gasteiger partial charge is 0.223 e. The number of halogens is 1. The quantitative estimate of drug-likeness (QED) is 0.644. The summed E-state index contributed by atoms with van der Waals surface area (Å²) >= 11 is 0. The molecule has 0 aliphatic carbocycles. The van der Waals surface area contributed by atoms with Gasteiger partial charge in [0.15, 0.2) is 6.10 Å². The van der Waals surface area contributed by atoms with E-state index in [9.17, 15) is 9.18 Å². The van der Waals surface area contributed by atoms with Gasteiger partial charge in [-0.05, 0) is 29.7 Å². The van der Waals surface area contributed by atoms with Crippen molar-refractivity contribution in [3.63, 3.8) is 0 Å². The van der Waals surface area contributed by atoms with Gasteiger partial charge in [0.2, 0.25) is 5.91 Å². The van der Waals surface area contributed by atoms with Gasteiger partial charge < -0.3 is 14.6 Å². The molecule has 6 heteroatoms. The zero-order valence-electron chi connectivity index (χ0n) is 18.1. The second kappa shape index (κ2) is 9.74. The fraction of sp³-hybridized carbons (Fsp3) is 0.417. The van der Waals surface area contributed by atoms with E-state index in [1.54, 1.807) is 23.1 Å². The van der Waals surface area contributed by atoms with Crippen molar-refractivity contribution >= 4 is 17.3 Å². The molecule has 0 saturated heterocycles. The highest BCUT2D eigenvalue weighted by atomic mass is 19.1. The van der Waals surface area contributed by atoms with Crippen LogP contribution in [0.1, 0.15) is 37.8 Å². The van der Waals surface area contributed by atoms with Gasteiger partial charge in [0, 0.05) is 44.7 Å². The third-order valence-corrected chi connectivity index (χ3v) is 5.13. The molecule has 0 spiro atoms. The van der Waals surface area contributed by atoms with Gasteiger partial charge in [0.1, 0.15) is 5.82 Å². The lowest BCUT2D eigenvalue weighted by atomic mass is 10.0. The third-order valence-electron chi connectivity index (χ3n) is 5.13. The lowest BCUT2D eigenvalue weighted by Gasteiger charge is -2.26. The lowest BCUT2D eigenvalue weighted by Crippen LogP contribution is -2.38. The average Bonchev–Trinajstić information content (AvgIpc) is 3.17. The van der Waals surface area contributed by atoms with Crippen molar-refractivity contribution in [2.45, 2.75) is 39.3 Å². The molecule has 2 aromatic rings.